The van der Waals surface area contributed by atoms with Crippen molar-refractivity contribution < 1.29 is 4.84 Å². The molecule has 100 valence electrons. The first kappa shape index (κ1) is 12.3. The molecule has 0 atom stereocenters. The molecule has 5 heteroatoms. The lowest BCUT2D eigenvalue weighted by molar-refractivity contribution is 0.304. The Labute approximate surface area is 116 Å². The van der Waals surface area contributed by atoms with Crippen LogP contribution < -0.4 is 4.84 Å². The maximum absolute atomic E-state index is 5.44. The quantitative estimate of drug-likeness (QED) is 0.541. The number of benzene rings is 1. The third-order valence-corrected chi connectivity index (χ3v) is 3.05. The highest BCUT2D eigenvalue weighted by Crippen LogP contribution is 2.19. The summed E-state index contributed by atoms with van der Waals surface area (Å²) in [5, 5.41) is 4.09. The number of hydrogen-bond donors (Lipinski definition) is 0. The molecule has 0 radical (unpaired) electrons. The normalized spacial score (nSPS) is 11.8. The summed E-state index contributed by atoms with van der Waals surface area (Å²) in [6, 6.07) is 14.0. The van der Waals surface area contributed by atoms with Crippen LogP contribution in [0.4, 0.5) is 0 Å². The molecule has 3 rings (SSSR count). The fourth-order valence-electron chi connectivity index (χ4n) is 1.94. The summed E-state index contributed by atoms with van der Waals surface area (Å²) in [4.78, 5) is 14.0. The molecule has 3 aromatic rings. The molecule has 0 amide bonds. The van der Waals surface area contributed by atoms with Crippen LogP contribution in [0.15, 0.2) is 53.8 Å². The van der Waals surface area contributed by atoms with Gasteiger partial charge in [-0.05, 0) is 31.2 Å². The van der Waals surface area contributed by atoms with Crippen molar-refractivity contribution in [1.29, 1.82) is 0 Å². The maximum atomic E-state index is 5.44. The Balaban J connectivity index is 1.89. The number of rotatable bonds is 3. The van der Waals surface area contributed by atoms with E-state index in [1.165, 1.54) is 0 Å². The minimum absolute atomic E-state index is 0.460. The van der Waals surface area contributed by atoms with Gasteiger partial charge in [-0.25, -0.2) is 0 Å². The predicted molar refractivity (Wildman–Crippen MR) is 77.8 cm³/mol. The lowest BCUT2D eigenvalue weighted by Gasteiger charge is -2.01. The van der Waals surface area contributed by atoms with Crippen molar-refractivity contribution in [3.8, 4) is 6.01 Å². The second kappa shape index (κ2) is 5.13. The van der Waals surface area contributed by atoms with Crippen LogP contribution in [0.5, 0.6) is 6.01 Å². The van der Waals surface area contributed by atoms with Crippen molar-refractivity contribution >= 4 is 16.7 Å². The molecular formula is C15H14N4O. The summed E-state index contributed by atoms with van der Waals surface area (Å²) >= 11 is 0. The van der Waals surface area contributed by atoms with Gasteiger partial charge in [0, 0.05) is 13.2 Å². The summed E-state index contributed by atoms with van der Waals surface area (Å²) in [5.74, 6) is 0. The third kappa shape index (κ3) is 2.25. The van der Waals surface area contributed by atoms with Gasteiger partial charge in [0.15, 0.2) is 0 Å². The van der Waals surface area contributed by atoms with Gasteiger partial charge in [0.1, 0.15) is 5.71 Å². The molecule has 5 nitrogen and oxygen atoms in total. The zero-order valence-corrected chi connectivity index (χ0v) is 11.3. The van der Waals surface area contributed by atoms with Crippen molar-refractivity contribution in [3.63, 3.8) is 0 Å². The standard InChI is InChI=1S/C15H14N4O/c1-11(12-7-5-6-10-16-12)18-20-15-17-13-8-3-4-9-14(13)19(15)2/h3-10H,1-2H3/b18-11+. The first-order valence-electron chi connectivity index (χ1n) is 6.30. The van der Waals surface area contributed by atoms with Gasteiger partial charge >= 0.3 is 6.01 Å². The zero-order chi connectivity index (χ0) is 13.9. The molecule has 1 aromatic carbocycles. The second-order valence-electron chi connectivity index (χ2n) is 4.43. The Hall–Kier alpha value is -2.69. The number of aromatic nitrogens is 3. The Morgan fingerprint density at radius 3 is 2.70 bits per heavy atom. The predicted octanol–water partition coefficient (Wildman–Crippen LogP) is 2.77. The summed E-state index contributed by atoms with van der Waals surface area (Å²) in [5.41, 5.74) is 3.38. The first-order valence-corrected chi connectivity index (χ1v) is 6.30. The maximum Gasteiger partial charge on any atom is 0.327 e. The Kier molecular flexibility index (Phi) is 3.16. The molecule has 0 fully saturated rings. The molecule has 0 aliphatic rings. The van der Waals surface area contributed by atoms with Crippen LogP contribution in [-0.2, 0) is 7.05 Å². The Bertz CT molecular complexity index is 762. The van der Waals surface area contributed by atoms with E-state index in [4.69, 9.17) is 4.84 Å². The average molecular weight is 266 g/mol. The van der Waals surface area contributed by atoms with Gasteiger partial charge in [0.25, 0.3) is 0 Å². The van der Waals surface area contributed by atoms with Crippen LogP contribution in [0.2, 0.25) is 0 Å². The van der Waals surface area contributed by atoms with Crippen molar-refractivity contribution in [1.82, 2.24) is 14.5 Å². The molecule has 0 bridgehead atoms. The number of para-hydroxylation sites is 2. The van der Waals surface area contributed by atoms with Crippen molar-refractivity contribution in [2.24, 2.45) is 12.2 Å². The number of aryl methyl sites for hydroxylation is 1. The van der Waals surface area contributed by atoms with E-state index in [0.717, 1.165) is 16.7 Å². The second-order valence-corrected chi connectivity index (χ2v) is 4.43. The monoisotopic (exact) mass is 266 g/mol. The molecule has 0 N–H and O–H groups in total. The van der Waals surface area contributed by atoms with E-state index >= 15 is 0 Å². The topological polar surface area (TPSA) is 52.3 Å². The number of fused-ring (bicyclic) bond motifs is 1. The van der Waals surface area contributed by atoms with Crippen LogP contribution in [0.3, 0.4) is 0 Å². The summed E-state index contributed by atoms with van der Waals surface area (Å²) in [7, 11) is 1.90. The minimum atomic E-state index is 0.460. The van der Waals surface area contributed by atoms with Crippen molar-refractivity contribution in [3.05, 3.63) is 54.4 Å². The molecule has 20 heavy (non-hydrogen) atoms. The Morgan fingerprint density at radius 2 is 1.95 bits per heavy atom. The molecule has 0 saturated heterocycles. The van der Waals surface area contributed by atoms with E-state index in [1.54, 1.807) is 6.20 Å². The largest absolute Gasteiger partial charge is 0.327 e. The molecule has 0 spiro atoms. The van der Waals surface area contributed by atoms with E-state index < -0.39 is 0 Å². The van der Waals surface area contributed by atoms with E-state index in [-0.39, 0.29) is 0 Å². The molecular weight excluding hydrogens is 252 g/mol. The number of pyridine rings is 1. The first-order chi connectivity index (χ1) is 9.75. The highest BCUT2D eigenvalue weighted by atomic mass is 16.6. The van der Waals surface area contributed by atoms with Gasteiger partial charge in [-0.15, -0.1) is 0 Å². The smallest absolute Gasteiger partial charge is 0.316 e. The van der Waals surface area contributed by atoms with Gasteiger partial charge in [-0.1, -0.05) is 23.4 Å². The van der Waals surface area contributed by atoms with E-state index in [1.807, 2.05) is 61.0 Å². The lowest BCUT2D eigenvalue weighted by Crippen LogP contribution is -2.02. The summed E-state index contributed by atoms with van der Waals surface area (Å²) in [6.07, 6.45) is 1.73. The Morgan fingerprint density at radius 1 is 1.15 bits per heavy atom. The van der Waals surface area contributed by atoms with Gasteiger partial charge in [0.2, 0.25) is 0 Å². The van der Waals surface area contributed by atoms with Gasteiger partial charge in [-0.2, -0.15) is 4.98 Å². The molecule has 0 aliphatic heterocycles. The van der Waals surface area contributed by atoms with Gasteiger partial charge in [-0.3, -0.25) is 9.55 Å². The molecule has 0 saturated carbocycles. The van der Waals surface area contributed by atoms with Gasteiger partial charge in [0.05, 0.1) is 16.7 Å². The summed E-state index contributed by atoms with van der Waals surface area (Å²) < 4.78 is 1.87. The van der Waals surface area contributed by atoms with Crippen molar-refractivity contribution in [2.45, 2.75) is 6.92 Å². The van der Waals surface area contributed by atoms with Crippen LogP contribution in [-0.4, -0.2) is 20.2 Å². The van der Waals surface area contributed by atoms with Crippen LogP contribution in [0.25, 0.3) is 11.0 Å². The molecule has 2 heterocycles. The lowest BCUT2D eigenvalue weighted by atomic mass is 10.3. The highest BCUT2D eigenvalue weighted by molar-refractivity contribution is 5.96. The zero-order valence-electron chi connectivity index (χ0n) is 11.3. The average Bonchev–Trinajstić information content (AvgIpc) is 2.83. The molecule has 2 aromatic heterocycles. The van der Waals surface area contributed by atoms with Crippen molar-refractivity contribution in [2.75, 3.05) is 0 Å². The summed E-state index contributed by atoms with van der Waals surface area (Å²) in [6.45, 7) is 1.85. The molecule has 0 aliphatic carbocycles. The minimum Gasteiger partial charge on any atom is -0.316 e. The van der Waals surface area contributed by atoms with Gasteiger partial charge < -0.3 is 4.84 Å². The van der Waals surface area contributed by atoms with Crippen LogP contribution in [0.1, 0.15) is 12.6 Å². The van der Waals surface area contributed by atoms with Crippen LogP contribution in [0, 0.1) is 0 Å². The number of hydrogen-bond acceptors (Lipinski definition) is 4. The number of oxime groups is 1. The van der Waals surface area contributed by atoms with E-state index in [0.29, 0.717) is 11.7 Å². The number of imidazole rings is 1. The SMILES string of the molecule is C/C(=N\Oc1nc2ccccc2n1C)c1ccccn1. The third-order valence-electron chi connectivity index (χ3n) is 3.05. The number of nitrogens with zero attached hydrogens (tertiary/aromatic N) is 4. The fourth-order valence-corrected chi connectivity index (χ4v) is 1.94. The van der Waals surface area contributed by atoms with E-state index in [9.17, 15) is 0 Å². The van der Waals surface area contributed by atoms with E-state index in [2.05, 4.69) is 15.1 Å². The molecule has 0 unspecified atom stereocenters. The van der Waals surface area contributed by atoms with Crippen LogP contribution >= 0.6 is 0 Å². The fraction of sp³-hybridized carbons (Fsp3) is 0.133. The highest BCUT2D eigenvalue weighted by Gasteiger charge is 2.08.